The maximum Gasteiger partial charge on any atom is 0.312 e. The summed E-state index contributed by atoms with van der Waals surface area (Å²) in [6.07, 6.45) is 7.08. The van der Waals surface area contributed by atoms with Gasteiger partial charge >= 0.3 is 6.03 Å². The standard InChI is InChI=1S/C24H30N4O6.C4H10N2O/c29-16-17-5-7-18(8-6-17)27-19(30)15-26-23(34)24(11-4-12-24)22(33)25-13-2-1-3-14-28-20(31)9-10-21(28)32;1-2-3-6-4(5)7/h5-10,29H,1-4,11-16H2,(H,25,33)(H,26,34)(H,27,30);2-3H2,1H3,(H3,5,6,7). The summed E-state index contributed by atoms with van der Waals surface area (Å²) in [5, 5.41) is 19.5. The van der Waals surface area contributed by atoms with E-state index in [1.54, 1.807) is 24.3 Å². The van der Waals surface area contributed by atoms with Crippen LogP contribution in [-0.4, -0.2) is 71.8 Å². The normalized spacial score (nSPS) is 14.8. The molecule has 1 saturated carbocycles. The van der Waals surface area contributed by atoms with Gasteiger partial charge in [0, 0.05) is 37.5 Å². The topological polar surface area (TPSA) is 200 Å². The van der Waals surface area contributed by atoms with Crippen molar-refractivity contribution in [2.45, 2.75) is 58.5 Å². The third kappa shape index (κ3) is 10.3. The number of rotatable bonds is 14. The molecular formula is C28H40N6O7. The van der Waals surface area contributed by atoms with Gasteiger partial charge in [0.05, 0.1) is 13.2 Å². The highest BCUT2D eigenvalue weighted by Crippen LogP contribution is 2.41. The van der Waals surface area contributed by atoms with Gasteiger partial charge in [0.2, 0.25) is 17.7 Å². The van der Waals surface area contributed by atoms with Gasteiger partial charge in [0.25, 0.3) is 11.8 Å². The summed E-state index contributed by atoms with van der Waals surface area (Å²) in [6.45, 7) is 3.04. The highest BCUT2D eigenvalue weighted by atomic mass is 16.3. The lowest BCUT2D eigenvalue weighted by Gasteiger charge is -2.38. The Hall–Kier alpha value is -4.26. The minimum Gasteiger partial charge on any atom is -0.392 e. The number of amides is 7. The maximum atomic E-state index is 12.7. The van der Waals surface area contributed by atoms with Crippen LogP contribution in [0.25, 0.3) is 0 Å². The van der Waals surface area contributed by atoms with Crippen LogP contribution in [-0.2, 0) is 30.6 Å². The number of primary amides is 1. The van der Waals surface area contributed by atoms with Gasteiger partial charge in [-0.2, -0.15) is 0 Å². The van der Waals surface area contributed by atoms with E-state index in [0.29, 0.717) is 51.0 Å². The number of nitrogens with zero attached hydrogens (tertiary/aromatic N) is 1. The van der Waals surface area contributed by atoms with Gasteiger partial charge in [0.15, 0.2) is 0 Å². The zero-order chi connectivity index (χ0) is 30.3. The van der Waals surface area contributed by atoms with Gasteiger partial charge in [-0.1, -0.05) is 25.5 Å². The summed E-state index contributed by atoms with van der Waals surface area (Å²) in [6, 6.07) is 6.24. The molecule has 0 aromatic heterocycles. The number of nitrogens with one attached hydrogen (secondary N) is 4. The maximum absolute atomic E-state index is 12.7. The third-order valence-corrected chi connectivity index (χ3v) is 6.70. The first-order chi connectivity index (χ1) is 19.6. The van der Waals surface area contributed by atoms with E-state index < -0.39 is 23.3 Å². The molecule has 0 spiro atoms. The van der Waals surface area contributed by atoms with Crippen LogP contribution >= 0.6 is 0 Å². The van der Waals surface area contributed by atoms with Crippen LogP contribution in [0.3, 0.4) is 0 Å². The Morgan fingerprint density at radius 3 is 2.05 bits per heavy atom. The molecule has 1 aliphatic carbocycles. The molecule has 1 aromatic rings. The van der Waals surface area contributed by atoms with Crippen molar-refractivity contribution < 1.29 is 33.9 Å². The predicted octanol–water partition coefficient (Wildman–Crippen LogP) is 0.680. The van der Waals surface area contributed by atoms with E-state index in [1.807, 2.05) is 6.92 Å². The lowest BCUT2D eigenvalue weighted by molar-refractivity contribution is -0.150. The minimum atomic E-state index is -1.15. The molecule has 224 valence electrons. The van der Waals surface area contributed by atoms with E-state index >= 15 is 0 Å². The second kappa shape index (κ2) is 16.8. The lowest BCUT2D eigenvalue weighted by atomic mass is 9.67. The average molecular weight is 573 g/mol. The molecule has 2 aliphatic rings. The Bertz CT molecular complexity index is 1100. The lowest BCUT2D eigenvalue weighted by Crippen LogP contribution is -2.56. The molecule has 1 aromatic carbocycles. The Labute approximate surface area is 239 Å². The number of nitrogens with two attached hydrogens (primary N) is 1. The first-order valence-electron chi connectivity index (χ1n) is 13.8. The van der Waals surface area contributed by atoms with Gasteiger partial charge in [-0.15, -0.1) is 0 Å². The van der Waals surface area contributed by atoms with Crippen molar-refractivity contribution in [2.24, 2.45) is 11.1 Å². The van der Waals surface area contributed by atoms with Gasteiger partial charge in [-0.05, 0) is 56.2 Å². The fourth-order valence-electron chi connectivity index (χ4n) is 4.16. The Kier molecular flexibility index (Phi) is 13.5. The summed E-state index contributed by atoms with van der Waals surface area (Å²) in [4.78, 5) is 71.7. The first kappa shape index (κ1) is 32.9. The molecule has 0 unspecified atom stereocenters. The Morgan fingerprint density at radius 1 is 0.902 bits per heavy atom. The highest BCUT2D eigenvalue weighted by Gasteiger charge is 2.50. The van der Waals surface area contributed by atoms with E-state index in [-0.39, 0.29) is 30.9 Å². The number of benzene rings is 1. The largest absolute Gasteiger partial charge is 0.392 e. The number of carbonyl (C=O) groups is 6. The van der Waals surface area contributed by atoms with Crippen molar-refractivity contribution in [2.75, 3.05) is 31.5 Å². The number of unbranched alkanes of at least 4 members (excludes halogenated alkanes) is 2. The number of hydrogen-bond acceptors (Lipinski definition) is 7. The SMILES string of the molecule is CCCNC(N)=O.O=C(CNC(=O)C1(C(=O)NCCCCCN2C(=O)C=CC2=O)CCC1)Nc1ccc(CO)cc1. The Morgan fingerprint density at radius 2 is 1.54 bits per heavy atom. The zero-order valence-corrected chi connectivity index (χ0v) is 23.4. The average Bonchev–Trinajstić information content (AvgIpc) is 3.25. The molecule has 7 N–H and O–H groups in total. The highest BCUT2D eigenvalue weighted by molar-refractivity contribution is 6.12. The van der Waals surface area contributed by atoms with Crippen LogP contribution in [0.4, 0.5) is 10.5 Å². The van der Waals surface area contributed by atoms with Crippen LogP contribution in [0.5, 0.6) is 0 Å². The number of imide groups is 1. The van der Waals surface area contributed by atoms with Gasteiger partial charge in [-0.3, -0.25) is 28.9 Å². The Balaban J connectivity index is 0.000000745. The zero-order valence-electron chi connectivity index (χ0n) is 23.4. The molecule has 0 saturated heterocycles. The van der Waals surface area contributed by atoms with Crippen LogP contribution in [0.15, 0.2) is 36.4 Å². The summed E-state index contributed by atoms with van der Waals surface area (Å²) in [5.74, 6) is -1.81. The molecule has 0 bridgehead atoms. The third-order valence-electron chi connectivity index (χ3n) is 6.70. The molecule has 7 amide bonds. The summed E-state index contributed by atoms with van der Waals surface area (Å²) in [7, 11) is 0. The summed E-state index contributed by atoms with van der Waals surface area (Å²) in [5.41, 5.74) is 4.84. The molecule has 1 fully saturated rings. The second-order valence-electron chi connectivity index (χ2n) is 9.79. The van der Waals surface area contributed by atoms with E-state index in [2.05, 4.69) is 21.3 Å². The fourth-order valence-corrected chi connectivity index (χ4v) is 4.16. The van der Waals surface area contributed by atoms with E-state index in [0.717, 1.165) is 24.8 Å². The molecule has 13 heteroatoms. The predicted molar refractivity (Wildman–Crippen MR) is 151 cm³/mol. The van der Waals surface area contributed by atoms with Crippen molar-refractivity contribution in [3.05, 3.63) is 42.0 Å². The first-order valence-corrected chi connectivity index (χ1v) is 13.8. The fraction of sp³-hybridized carbons (Fsp3) is 0.500. The van der Waals surface area contributed by atoms with E-state index in [1.165, 1.54) is 17.1 Å². The van der Waals surface area contributed by atoms with Gasteiger partial charge in [0.1, 0.15) is 5.41 Å². The number of aliphatic hydroxyl groups is 1. The van der Waals surface area contributed by atoms with Crippen LogP contribution in [0.1, 0.15) is 57.4 Å². The van der Waals surface area contributed by atoms with Gasteiger partial charge in [-0.25, -0.2) is 4.79 Å². The van der Waals surface area contributed by atoms with Crippen LogP contribution in [0, 0.1) is 5.41 Å². The number of carbonyl (C=O) groups excluding carboxylic acids is 6. The van der Waals surface area contributed by atoms with Gasteiger partial charge < -0.3 is 32.1 Å². The molecule has 41 heavy (non-hydrogen) atoms. The van der Waals surface area contributed by atoms with Crippen molar-refractivity contribution in [1.82, 2.24) is 20.9 Å². The number of anilines is 1. The number of hydrogen-bond donors (Lipinski definition) is 6. The molecule has 1 heterocycles. The molecule has 0 radical (unpaired) electrons. The van der Waals surface area contributed by atoms with Crippen molar-refractivity contribution in [1.29, 1.82) is 0 Å². The number of urea groups is 1. The van der Waals surface area contributed by atoms with Crippen molar-refractivity contribution >= 4 is 41.3 Å². The molecule has 1 aliphatic heterocycles. The van der Waals surface area contributed by atoms with Crippen molar-refractivity contribution in [3.63, 3.8) is 0 Å². The van der Waals surface area contributed by atoms with E-state index in [4.69, 9.17) is 10.8 Å². The number of aliphatic hydroxyl groups excluding tert-OH is 1. The smallest absolute Gasteiger partial charge is 0.312 e. The summed E-state index contributed by atoms with van der Waals surface area (Å²) < 4.78 is 0. The van der Waals surface area contributed by atoms with Crippen LogP contribution < -0.4 is 27.0 Å². The second-order valence-corrected chi connectivity index (χ2v) is 9.79. The molecule has 3 rings (SSSR count). The van der Waals surface area contributed by atoms with E-state index in [9.17, 15) is 28.8 Å². The van der Waals surface area contributed by atoms with Crippen molar-refractivity contribution in [3.8, 4) is 0 Å². The summed E-state index contributed by atoms with van der Waals surface area (Å²) >= 11 is 0. The molecule has 13 nitrogen and oxygen atoms in total. The minimum absolute atomic E-state index is 0.0905. The monoisotopic (exact) mass is 572 g/mol. The molecular weight excluding hydrogens is 532 g/mol. The molecule has 0 atom stereocenters. The van der Waals surface area contributed by atoms with Crippen LogP contribution in [0.2, 0.25) is 0 Å². The quantitative estimate of drug-likeness (QED) is 0.107.